The third-order valence-electron chi connectivity index (χ3n) is 6.79. The topological polar surface area (TPSA) is 73.0 Å². The fraction of sp³-hybridized carbons (Fsp3) is 0.682. The zero-order valence-electron chi connectivity index (χ0n) is 18.6. The first-order valence-corrected chi connectivity index (χ1v) is 13.4. The van der Waals surface area contributed by atoms with E-state index in [2.05, 4.69) is 10.2 Å². The highest BCUT2D eigenvalue weighted by Gasteiger charge is 2.34. The first-order valence-electron chi connectivity index (χ1n) is 11.5. The molecule has 0 radical (unpaired) electrons. The maximum atomic E-state index is 13.3. The summed E-state index contributed by atoms with van der Waals surface area (Å²) in [7, 11) is -2.94. The van der Waals surface area contributed by atoms with Crippen LogP contribution in [0.1, 0.15) is 31.2 Å². The Morgan fingerprint density at radius 2 is 1.73 bits per heavy atom. The molecular formula is C22H31F3N4O3S. The summed E-state index contributed by atoms with van der Waals surface area (Å²) in [6.45, 7) is 4.19. The van der Waals surface area contributed by atoms with Crippen molar-refractivity contribution in [2.24, 2.45) is 0 Å². The van der Waals surface area contributed by atoms with Crippen LogP contribution >= 0.6 is 0 Å². The minimum atomic E-state index is -4.48. The SMILES string of the molecule is O=C(CN1CCN([C@@H]2CCS(=O)(=O)C2)CC1)Nc1cc(C(F)(F)F)ccc1N1CCCCC1. The summed E-state index contributed by atoms with van der Waals surface area (Å²) >= 11 is 0. The fourth-order valence-electron chi connectivity index (χ4n) is 4.97. The molecule has 1 atom stereocenters. The first-order chi connectivity index (χ1) is 15.6. The van der Waals surface area contributed by atoms with E-state index >= 15 is 0 Å². The average molecular weight is 489 g/mol. The molecule has 3 heterocycles. The predicted molar refractivity (Wildman–Crippen MR) is 121 cm³/mol. The zero-order valence-corrected chi connectivity index (χ0v) is 19.4. The summed E-state index contributed by atoms with van der Waals surface area (Å²) in [5.41, 5.74) is 0.0496. The highest BCUT2D eigenvalue weighted by Crippen LogP contribution is 2.36. The molecule has 1 aromatic carbocycles. The third-order valence-corrected chi connectivity index (χ3v) is 8.54. The molecule has 0 bridgehead atoms. The van der Waals surface area contributed by atoms with Gasteiger partial charge in [0, 0.05) is 45.3 Å². The average Bonchev–Trinajstić information content (AvgIpc) is 3.14. The van der Waals surface area contributed by atoms with Crippen molar-refractivity contribution in [2.45, 2.75) is 37.9 Å². The molecule has 1 amide bonds. The number of rotatable bonds is 5. The number of carbonyl (C=O) groups is 1. The molecule has 7 nitrogen and oxygen atoms in total. The van der Waals surface area contributed by atoms with Gasteiger partial charge in [0.2, 0.25) is 5.91 Å². The normalized spacial score (nSPS) is 24.7. The van der Waals surface area contributed by atoms with Gasteiger partial charge in [-0.2, -0.15) is 13.2 Å². The number of anilines is 2. The molecule has 0 saturated carbocycles. The molecule has 0 spiro atoms. The van der Waals surface area contributed by atoms with Crippen molar-refractivity contribution in [1.29, 1.82) is 0 Å². The predicted octanol–water partition coefficient (Wildman–Crippen LogP) is 2.44. The molecule has 4 rings (SSSR count). The number of alkyl halides is 3. The Kier molecular flexibility index (Phi) is 7.20. The van der Waals surface area contributed by atoms with Crippen LogP contribution in [0.5, 0.6) is 0 Å². The van der Waals surface area contributed by atoms with Crippen LogP contribution in [0.2, 0.25) is 0 Å². The van der Waals surface area contributed by atoms with Crippen LogP contribution in [0.15, 0.2) is 18.2 Å². The van der Waals surface area contributed by atoms with Crippen molar-refractivity contribution in [1.82, 2.24) is 9.80 Å². The molecule has 0 unspecified atom stereocenters. The van der Waals surface area contributed by atoms with Crippen molar-refractivity contribution in [3.63, 3.8) is 0 Å². The Morgan fingerprint density at radius 1 is 1.03 bits per heavy atom. The monoisotopic (exact) mass is 488 g/mol. The molecule has 1 aromatic rings. The maximum Gasteiger partial charge on any atom is 0.416 e. The largest absolute Gasteiger partial charge is 0.416 e. The molecular weight excluding hydrogens is 457 g/mol. The number of nitrogens with zero attached hydrogens (tertiary/aromatic N) is 3. The number of nitrogens with one attached hydrogen (secondary N) is 1. The third kappa shape index (κ3) is 6.19. The van der Waals surface area contributed by atoms with Gasteiger partial charge in [-0.1, -0.05) is 0 Å². The number of hydrogen-bond acceptors (Lipinski definition) is 6. The summed E-state index contributed by atoms with van der Waals surface area (Å²) in [6, 6.07) is 3.60. The Labute approximate surface area is 192 Å². The summed E-state index contributed by atoms with van der Waals surface area (Å²) in [6.07, 6.45) is -0.791. The second-order valence-corrected chi connectivity index (χ2v) is 11.4. The molecule has 33 heavy (non-hydrogen) atoms. The van der Waals surface area contributed by atoms with Gasteiger partial charge < -0.3 is 10.2 Å². The van der Waals surface area contributed by atoms with Crippen LogP contribution in [0.25, 0.3) is 0 Å². The molecule has 3 aliphatic heterocycles. The minimum absolute atomic E-state index is 0.0446. The lowest BCUT2D eigenvalue weighted by atomic mass is 10.1. The molecule has 184 valence electrons. The van der Waals surface area contributed by atoms with Crippen LogP contribution in [0, 0.1) is 0 Å². The van der Waals surface area contributed by atoms with Gasteiger partial charge in [0.25, 0.3) is 0 Å². The van der Waals surface area contributed by atoms with Crippen LogP contribution in [0.3, 0.4) is 0 Å². The summed E-state index contributed by atoms with van der Waals surface area (Å²) in [5.74, 6) is 0.0864. The molecule has 3 aliphatic rings. The lowest BCUT2D eigenvalue weighted by Gasteiger charge is -2.37. The van der Waals surface area contributed by atoms with E-state index in [4.69, 9.17) is 0 Å². The van der Waals surface area contributed by atoms with Crippen molar-refractivity contribution >= 4 is 27.1 Å². The number of halogens is 3. The molecule has 11 heteroatoms. The van der Waals surface area contributed by atoms with Gasteiger partial charge in [-0.25, -0.2) is 8.42 Å². The molecule has 1 N–H and O–H groups in total. The number of piperidine rings is 1. The van der Waals surface area contributed by atoms with Crippen LogP contribution in [-0.4, -0.2) is 87.5 Å². The number of carbonyl (C=O) groups excluding carboxylic acids is 1. The van der Waals surface area contributed by atoms with Gasteiger partial charge in [-0.3, -0.25) is 14.6 Å². The summed E-state index contributed by atoms with van der Waals surface area (Å²) < 4.78 is 63.3. The Bertz CT molecular complexity index is 956. The van der Waals surface area contributed by atoms with Crippen molar-refractivity contribution < 1.29 is 26.4 Å². The van der Waals surface area contributed by atoms with Gasteiger partial charge in [0.1, 0.15) is 0 Å². The van der Waals surface area contributed by atoms with Crippen LogP contribution < -0.4 is 10.2 Å². The summed E-state index contributed by atoms with van der Waals surface area (Å²) in [4.78, 5) is 18.9. The maximum absolute atomic E-state index is 13.3. The van der Waals surface area contributed by atoms with E-state index < -0.39 is 21.6 Å². The Hall–Kier alpha value is -1.85. The second kappa shape index (κ2) is 9.79. The molecule has 3 saturated heterocycles. The first kappa shape index (κ1) is 24.3. The van der Waals surface area contributed by atoms with E-state index in [1.165, 1.54) is 6.07 Å². The van der Waals surface area contributed by atoms with E-state index in [0.717, 1.165) is 44.5 Å². The van der Waals surface area contributed by atoms with Crippen molar-refractivity contribution in [2.75, 3.05) is 67.5 Å². The lowest BCUT2D eigenvalue weighted by molar-refractivity contribution is -0.137. The number of benzene rings is 1. The lowest BCUT2D eigenvalue weighted by Crippen LogP contribution is -2.52. The van der Waals surface area contributed by atoms with Gasteiger partial charge in [-0.15, -0.1) is 0 Å². The Balaban J connectivity index is 1.37. The fourth-order valence-corrected chi connectivity index (χ4v) is 6.73. The molecule has 3 fully saturated rings. The van der Waals surface area contributed by atoms with Crippen molar-refractivity contribution in [3.8, 4) is 0 Å². The highest BCUT2D eigenvalue weighted by molar-refractivity contribution is 7.91. The zero-order chi connectivity index (χ0) is 23.6. The van der Waals surface area contributed by atoms with E-state index in [-0.39, 0.29) is 35.7 Å². The number of amides is 1. The van der Waals surface area contributed by atoms with E-state index in [0.29, 0.717) is 38.3 Å². The van der Waals surface area contributed by atoms with Gasteiger partial charge in [0.15, 0.2) is 9.84 Å². The minimum Gasteiger partial charge on any atom is -0.370 e. The molecule has 0 aromatic heterocycles. The summed E-state index contributed by atoms with van der Waals surface area (Å²) in [5, 5.41) is 2.73. The van der Waals surface area contributed by atoms with Gasteiger partial charge in [-0.05, 0) is 43.9 Å². The smallest absolute Gasteiger partial charge is 0.370 e. The highest BCUT2D eigenvalue weighted by atomic mass is 32.2. The van der Waals surface area contributed by atoms with Crippen LogP contribution in [-0.2, 0) is 20.8 Å². The van der Waals surface area contributed by atoms with Gasteiger partial charge in [0.05, 0.1) is 35.0 Å². The van der Waals surface area contributed by atoms with E-state index in [1.807, 2.05) is 9.80 Å². The Morgan fingerprint density at radius 3 is 2.33 bits per heavy atom. The standard InChI is InChI=1S/C22H31F3N4O3S/c23-22(24,25)17-4-5-20(29-7-2-1-3-8-29)19(14-17)26-21(30)15-27-9-11-28(12-10-27)18-6-13-33(31,32)16-18/h4-5,14,18H,1-3,6-13,15-16H2,(H,26,30)/t18-/m1/s1. The van der Waals surface area contributed by atoms with Crippen molar-refractivity contribution in [3.05, 3.63) is 23.8 Å². The van der Waals surface area contributed by atoms with E-state index in [9.17, 15) is 26.4 Å². The number of hydrogen-bond donors (Lipinski definition) is 1. The number of sulfone groups is 1. The van der Waals surface area contributed by atoms with Gasteiger partial charge >= 0.3 is 6.18 Å². The quantitative estimate of drug-likeness (QED) is 0.687. The van der Waals surface area contributed by atoms with E-state index in [1.54, 1.807) is 0 Å². The second-order valence-electron chi connectivity index (χ2n) is 9.19. The number of piperazine rings is 1. The van der Waals surface area contributed by atoms with Crippen LogP contribution in [0.4, 0.5) is 24.5 Å². The molecule has 0 aliphatic carbocycles.